The summed E-state index contributed by atoms with van der Waals surface area (Å²) < 4.78 is 26.4. The Hall–Kier alpha value is -2.34. The van der Waals surface area contributed by atoms with Gasteiger partial charge < -0.3 is 5.32 Å². The Morgan fingerprint density at radius 3 is 2.39 bits per heavy atom. The molecule has 2 saturated carbocycles. The summed E-state index contributed by atoms with van der Waals surface area (Å²) in [5.74, 6) is 1.11. The topological polar surface area (TPSA) is 66.5 Å². The molecule has 2 bridgehead atoms. The number of hydrogen-bond donors (Lipinski definition) is 1. The average molecular weight is 399 g/mol. The molecule has 3 atom stereocenters. The van der Waals surface area contributed by atoms with Crippen LogP contribution in [0.5, 0.6) is 0 Å². The van der Waals surface area contributed by atoms with E-state index in [0.717, 1.165) is 17.9 Å². The molecule has 0 aromatic heterocycles. The fourth-order valence-corrected chi connectivity index (χ4v) is 5.58. The molecule has 4 rings (SSSR count). The Balaban J connectivity index is 1.62. The van der Waals surface area contributed by atoms with Gasteiger partial charge in [-0.3, -0.25) is 9.10 Å². The van der Waals surface area contributed by atoms with Crippen molar-refractivity contribution in [2.24, 2.45) is 11.8 Å². The largest absolute Gasteiger partial charge is 0.349 e. The molecular formula is C22H26N2O3S. The van der Waals surface area contributed by atoms with Gasteiger partial charge >= 0.3 is 0 Å². The lowest BCUT2D eigenvalue weighted by molar-refractivity contribution is 0.0923. The minimum atomic E-state index is -3.55. The second-order valence-corrected chi connectivity index (χ2v) is 9.93. The number of carbonyl (C=O) groups is 1. The maximum Gasteiger partial charge on any atom is 0.253 e. The lowest BCUT2D eigenvalue weighted by Crippen LogP contribution is -2.39. The molecule has 2 aromatic rings. The van der Waals surface area contributed by atoms with Gasteiger partial charge in [0.1, 0.15) is 0 Å². The second kappa shape index (κ2) is 7.59. The van der Waals surface area contributed by atoms with Crippen molar-refractivity contribution in [1.82, 2.24) is 5.32 Å². The summed E-state index contributed by atoms with van der Waals surface area (Å²) in [5.41, 5.74) is 1.71. The van der Waals surface area contributed by atoms with Crippen LogP contribution in [0.25, 0.3) is 0 Å². The zero-order valence-electron chi connectivity index (χ0n) is 16.0. The highest BCUT2D eigenvalue weighted by atomic mass is 32.2. The van der Waals surface area contributed by atoms with E-state index in [4.69, 9.17) is 0 Å². The molecule has 6 heteroatoms. The van der Waals surface area contributed by atoms with Crippen molar-refractivity contribution in [2.45, 2.75) is 38.3 Å². The Kier molecular flexibility index (Phi) is 5.15. The Bertz CT molecular complexity index is 959. The first kappa shape index (κ1) is 19.0. The predicted octanol–water partition coefficient (Wildman–Crippen LogP) is 3.57. The number of carbonyl (C=O) groups excluding carboxylic acids is 1. The van der Waals surface area contributed by atoms with Gasteiger partial charge in [-0.15, -0.1) is 0 Å². The minimum absolute atomic E-state index is 0.185. The number of nitrogens with zero attached hydrogens (tertiary/aromatic N) is 1. The third-order valence-electron chi connectivity index (χ3n) is 6.04. The van der Waals surface area contributed by atoms with E-state index in [9.17, 15) is 13.2 Å². The van der Waals surface area contributed by atoms with E-state index >= 15 is 0 Å². The van der Waals surface area contributed by atoms with Crippen molar-refractivity contribution in [3.8, 4) is 0 Å². The first-order valence-electron chi connectivity index (χ1n) is 9.83. The minimum Gasteiger partial charge on any atom is -0.349 e. The normalized spacial score (nSPS) is 23.5. The number of sulfonamides is 1. The monoisotopic (exact) mass is 398 g/mol. The van der Waals surface area contributed by atoms with Crippen LogP contribution in [-0.4, -0.2) is 26.6 Å². The molecule has 2 aliphatic rings. The van der Waals surface area contributed by atoms with Crippen molar-refractivity contribution in [3.63, 3.8) is 0 Å². The van der Waals surface area contributed by atoms with Crippen LogP contribution < -0.4 is 9.62 Å². The first-order chi connectivity index (χ1) is 13.4. The van der Waals surface area contributed by atoms with Crippen LogP contribution in [0.15, 0.2) is 54.6 Å². The van der Waals surface area contributed by atoms with E-state index in [1.54, 1.807) is 24.3 Å². The zero-order chi connectivity index (χ0) is 19.7. The fraction of sp³-hybridized carbons (Fsp3) is 0.409. The second-order valence-electron chi connectivity index (χ2n) is 8.03. The number of rotatable bonds is 6. The number of benzene rings is 2. The molecule has 2 aromatic carbocycles. The van der Waals surface area contributed by atoms with Crippen LogP contribution >= 0.6 is 0 Å². The molecule has 1 N–H and O–H groups in total. The molecule has 0 aliphatic heterocycles. The van der Waals surface area contributed by atoms with Crippen LogP contribution in [0.4, 0.5) is 5.69 Å². The first-order valence-corrected chi connectivity index (χ1v) is 11.7. The number of amides is 1. The standard InChI is InChI=1S/C22H26N2O3S/c1-28(26,27)24(15-16-7-3-2-4-8-16)21-10-6-5-9-19(21)22(25)23-20-14-17-11-12-18(20)13-17/h2-10,17-18,20H,11-15H2,1H3,(H,23,25)/t17-,18-,20+/m1/s1. The highest BCUT2D eigenvalue weighted by Gasteiger charge is 2.40. The van der Waals surface area contributed by atoms with E-state index in [-0.39, 0.29) is 18.5 Å². The quantitative estimate of drug-likeness (QED) is 0.809. The molecule has 0 saturated heterocycles. The number of fused-ring (bicyclic) bond motifs is 2. The zero-order valence-corrected chi connectivity index (χ0v) is 16.9. The Morgan fingerprint density at radius 1 is 1.04 bits per heavy atom. The van der Waals surface area contributed by atoms with Gasteiger partial charge in [-0.2, -0.15) is 0 Å². The summed E-state index contributed by atoms with van der Waals surface area (Å²) in [6.45, 7) is 0.193. The van der Waals surface area contributed by atoms with Crippen LogP contribution in [-0.2, 0) is 16.6 Å². The molecule has 5 nitrogen and oxygen atoms in total. The van der Waals surface area contributed by atoms with Crippen molar-refractivity contribution >= 4 is 21.6 Å². The Morgan fingerprint density at radius 2 is 1.75 bits per heavy atom. The molecule has 0 heterocycles. The van der Waals surface area contributed by atoms with Crippen LogP contribution in [0.1, 0.15) is 41.6 Å². The maximum absolute atomic E-state index is 13.0. The van der Waals surface area contributed by atoms with Crippen molar-refractivity contribution in [1.29, 1.82) is 0 Å². The van der Waals surface area contributed by atoms with Crippen molar-refractivity contribution < 1.29 is 13.2 Å². The Labute approximate surface area is 166 Å². The van der Waals surface area contributed by atoms with E-state index < -0.39 is 10.0 Å². The van der Waals surface area contributed by atoms with E-state index in [2.05, 4.69) is 5.32 Å². The average Bonchev–Trinajstić information content (AvgIpc) is 3.29. The van der Waals surface area contributed by atoms with Crippen LogP contribution in [0, 0.1) is 11.8 Å². The van der Waals surface area contributed by atoms with Gasteiger partial charge in [0.05, 0.1) is 24.1 Å². The van der Waals surface area contributed by atoms with Crippen molar-refractivity contribution in [3.05, 3.63) is 65.7 Å². The van der Waals surface area contributed by atoms with Gasteiger partial charge in [0.15, 0.2) is 0 Å². The van der Waals surface area contributed by atoms with Gasteiger partial charge in [0.25, 0.3) is 5.91 Å². The predicted molar refractivity (Wildman–Crippen MR) is 111 cm³/mol. The summed E-state index contributed by atoms with van der Waals surface area (Å²) in [6, 6.07) is 16.6. The van der Waals surface area contributed by atoms with Crippen molar-refractivity contribution in [2.75, 3.05) is 10.6 Å². The lowest BCUT2D eigenvalue weighted by Gasteiger charge is -2.27. The van der Waals surface area contributed by atoms with Gasteiger partial charge in [0.2, 0.25) is 10.0 Å². The molecule has 28 heavy (non-hydrogen) atoms. The summed E-state index contributed by atoms with van der Waals surface area (Å²) in [7, 11) is -3.55. The maximum atomic E-state index is 13.0. The van der Waals surface area contributed by atoms with E-state index in [1.165, 1.54) is 29.8 Å². The third-order valence-corrected chi connectivity index (χ3v) is 7.17. The highest BCUT2D eigenvalue weighted by molar-refractivity contribution is 7.92. The van der Waals surface area contributed by atoms with Gasteiger partial charge in [-0.25, -0.2) is 8.42 Å². The fourth-order valence-electron chi connectivity index (χ4n) is 4.68. The lowest BCUT2D eigenvalue weighted by atomic mass is 9.95. The number of para-hydroxylation sites is 1. The SMILES string of the molecule is CS(=O)(=O)N(Cc1ccccc1)c1ccccc1C(=O)N[C@H]1C[C@@H]2CC[C@@H]1C2. The molecule has 0 unspecified atom stereocenters. The summed E-state index contributed by atoms with van der Waals surface area (Å²) in [4.78, 5) is 13.0. The molecular weight excluding hydrogens is 372 g/mol. The van der Waals surface area contributed by atoms with E-state index in [1.807, 2.05) is 30.3 Å². The third kappa shape index (κ3) is 3.92. The molecule has 1 amide bonds. The summed E-state index contributed by atoms with van der Waals surface area (Å²) >= 11 is 0. The summed E-state index contributed by atoms with van der Waals surface area (Å²) in [6.07, 6.45) is 5.88. The van der Waals surface area contributed by atoms with Crippen LogP contribution in [0.3, 0.4) is 0 Å². The molecule has 0 spiro atoms. The van der Waals surface area contributed by atoms with E-state index in [0.29, 0.717) is 17.2 Å². The van der Waals surface area contributed by atoms with Gasteiger partial charge in [-0.1, -0.05) is 48.9 Å². The smallest absolute Gasteiger partial charge is 0.253 e. The molecule has 0 radical (unpaired) electrons. The number of anilines is 1. The molecule has 148 valence electrons. The molecule has 2 fully saturated rings. The highest BCUT2D eigenvalue weighted by Crippen LogP contribution is 2.44. The van der Waals surface area contributed by atoms with Gasteiger partial charge in [0, 0.05) is 6.04 Å². The van der Waals surface area contributed by atoms with Gasteiger partial charge in [-0.05, 0) is 48.8 Å². The molecule has 2 aliphatic carbocycles. The van der Waals surface area contributed by atoms with Crippen LogP contribution in [0.2, 0.25) is 0 Å². The number of nitrogens with one attached hydrogen (secondary N) is 1. The number of hydrogen-bond acceptors (Lipinski definition) is 3. The summed E-state index contributed by atoms with van der Waals surface area (Å²) in [5, 5.41) is 3.18.